The summed E-state index contributed by atoms with van der Waals surface area (Å²) in [7, 11) is 1.63. The first kappa shape index (κ1) is 12.8. The van der Waals surface area contributed by atoms with Gasteiger partial charge in [-0.1, -0.05) is 0 Å². The number of amides is 1. The Bertz CT molecular complexity index is 535. The maximum atomic E-state index is 11.9. The smallest absolute Gasteiger partial charge is 0.260 e. The zero-order valence-electron chi connectivity index (χ0n) is 9.72. The number of nitrogens with one attached hydrogen (secondary N) is 1. The van der Waals surface area contributed by atoms with Gasteiger partial charge in [-0.15, -0.1) is 0 Å². The molecule has 2 aromatic heterocycles. The van der Waals surface area contributed by atoms with Crippen molar-refractivity contribution in [2.75, 3.05) is 19.0 Å². The van der Waals surface area contributed by atoms with Crippen molar-refractivity contribution in [1.29, 1.82) is 0 Å². The van der Waals surface area contributed by atoms with Gasteiger partial charge in [-0.25, -0.2) is 0 Å². The normalized spacial score (nSPS) is 10.6. The number of hydrogen-bond acceptors (Lipinski definition) is 4. The van der Waals surface area contributed by atoms with Crippen molar-refractivity contribution in [3.05, 3.63) is 35.0 Å². The number of ether oxygens (including phenoxy) is 1. The van der Waals surface area contributed by atoms with Gasteiger partial charge in [0, 0.05) is 13.3 Å². The first-order valence-electron chi connectivity index (χ1n) is 5.26. The maximum absolute atomic E-state index is 11.9. The molecular formula is C11H12BrN3O3. The second-order valence-electron chi connectivity index (χ2n) is 3.55. The molecule has 6 nitrogen and oxygen atoms in total. The molecule has 0 aromatic carbocycles. The van der Waals surface area contributed by atoms with Gasteiger partial charge >= 0.3 is 0 Å². The fraction of sp³-hybridized carbons (Fsp3) is 0.273. The average Bonchev–Trinajstić information content (AvgIpc) is 2.95. The molecule has 0 aliphatic rings. The number of halogens is 1. The quantitative estimate of drug-likeness (QED) is 0.918. The van der Waals surface area contributed by atoms with Crippen LogP contribution in [0.3, 0.4) is 0 Å². The average molecular weight is 314 g/mol. The lowest BCUT2D eigenvalue weighted by Crippen LogP contribution is -2.11. The molecule has 0 aliphatic heterocycles. The largest absolute Gasteiger partial charge is 0.457 e. The number of furan rings is 1. The molecule has 0 saturated carbocycles. The van der Waals surface area contributed by atoms with Crippen LogP contribution in [0.4, 0.5) is 5.69 Å². The van der Waals surface area contributed by atoms with Crippen LogP contribution < -0.4 is 5.32 Å². The van der Waals surface area contributed by atoms with Gasteiger partial charge in [0.2, 0.25) is 0 Å². The highest BCUT2D eigenvalue weighted by Crippen LogP contribution is 2.18. The minimum atomic E-state index is -0.248. The Kier molecular flexibility index (Phi) is 4.16. The van der Waals surface area contributed by atoms with Crippen molar-refractivity contribution < 1.29 is 13.9 Å². The van der Waals surface area contributed by atoms with E-state index < -0.39 is 0 Å². The monoisotopic (exact) mass is 313 g/mol. The summed E-state index contributed by atoms with van der Waals surface area (Å²) in [6.45, 7) is 1.21. The molecule has 0 unspecified atom stereocenters. The van der Waals surface area contributed by atoms with Crippen molar-refractivity contribution in [2.24, 2.45) is 0 Å². The fourth-order valence-corrected chi connectivity index (χ4v) is 1.81. The van der Waals surface area contributed by atoms with E-state index in [-0.39, 0.29) is 5.91 Å². The molecule has 2 heterocycles. The molecule has 0 saturated heterocycles. The highest BCUT2D eigenvalue weighted by molar-refractivity contribution is 9.10. The molecule has 1 amide bonds. The van der Waals surface area contributed by atoms with Crippen molar-refractivity contribution in [2.45, 2.75) is 6.54 Å². The minimum Gasteiger partial charge on any atom is -0.457 e. The van der Waals surface area contributed by atoms with Crippen molar-refractivity contribution in [1.82, 2.24) is 9.78 Å². The van der Waals surface area contributed by atoms with E-state index in [0.717, 1.165) is 0 Å². The maximum Gasteiger partial charge on any atom is 0.260 e. The van der Waals surface area contributed by atoms with E-state index in [1.807, 2.05) is 0 Å². The molecule has 96 valence electrons. The lowest BCUT2D eigenvalue weighted by atomic mass is 10.3. The number of aromatic nitrogens is 2. The van der Waals surface area contributed by atoms with E-state index in [9.17, 15) is 4.79 Å². The molecule has 0 spiro atoms. The van der Waals surface area contributed by atoms with Crippen LogP contribution in [0.1, 0.15) is 10.4 Å². The number of nitrogens with zero attached hydrogens (tertiary/aromatic N) is 2. The number of anilines is 1. The predicted octanol–water partition coefficient (Wildman–Crippen LogP) is 2.14. The second-order valence-corrected chi connectivity index (χ2v) is 4.27. The molecule has 0 fully saturated rings. The molecule has 0 atom stereocenters. The second kappa shape index (κ2) is 5.83. The first-order valence-corrected chi connectivity index (χ1v) is 6.05. The third-order valence-electron chi connectivity index (χ3n) is 2.28. The summed E-state index contributed by atoms with van der Waals surface area (Å²) in [5.74, 6) is -0.248. The summed E-state index contributed by atoms with van der Waals surface area (Å²) in [5, 5.41) is 6.83. The Hall–Kier alpha value is -1.60. The van der Waals surface area contributed by atoms with Gasteiger partial charge in [0.05, 0.1) is 36.9 Å². The summed E-state index contributed by atoms with van der Waals surface area (Å²) in [6.07, 6.45) is 4.77. The summed E-state index contributed by atoms with van der Waals surface area (Å²) >= 11 is 3.15. The van der Waals surface area contributed by atoms with Crippen LogP contribution >= 0.6 is 15.9 Å². The molecule has 0 bridgehead atoms. The first-order chi connectivity index (χ1) is 8.70. The van der Waals surface area contributed by atoms with Crippen LogP contribution in [-0.2, 0) is 11.3 Å². The Morgan fingerprint density at radius 3 is 3.17 bits per heavy atom. The third-order valence-corrected chi connectivity index (χ3v) is 2.89. The van der Waals surface area contributed by atoms with Gasteiger partial charge in [-0.2, -0.15) is 5.10 Å². The number of rotatable bonds is 5. The molecule has 0 aliphatic carbocycles. The SMILES string of the molecule is COCCn1cc(NC(=O)c2ccoc2Br)cn1. The van der Waals surface area contributed by atoms with Crippen LogP contribution in [0.15, 0.2) is 33.8 Å². The Morgan fingerprint density at radius 1 is 1.67 bits per heavy atom. The van der Waals surface area contributed by atoms with Gasteiger partial charge in [0.15, 0.2) is 4.67 Å². The summed E-state index contributed by atoms with van der Waals surface area (Å²) in [6, 6.07) is 1.59. The summed E-state index contributed by atoms with van der Waals surface area (Å²) in [4.78, 5) is 11.9. The van der Waals surface area contributed by atoms with Gasteiger partial charge < -0.3 is 14.5 Å². The van der Waals surface area contributed by atoms with Crippen molar-refractivity contribution >= 4 is 27.5 Å². The van der Waals surface area contributed by atoms with Crippen LogP contribution in [0.25, 0.3) is 0 Å². The molecule has 2 rings (SSSR count). The summed E-state index contributed by atoms with van der Waals surface area (Å²) < 4.78 is 12.1. The lowest BCUT2D eigenvalue weighted by molar-refractivity contribution is 0.102. The van der Waals surface area contributed by atoms with Gasteiger partial charge in [0.25, 0.3) is 5.91 Å². The van der Waals surface area contributed by atoms with E-state index in [1.165, 1.54) is 6.26 Å². The number of carbonyl (C=O) groups is 1. The zero-order chi connectivity index (χ0) is 13.0. The van der Waals surface area contributed by atoms with E-state index in [1.54, 1.807) is 30.3 Å². The van der Waals surface area contributed by atoms with E-state index in [0.29, 0.717) is 29.1 Å². The topological polar surface area (TPSA) is 69.3 Å². The van der Waals surface area contributed by atoms with Crippen LogP contribution in [-0.4, -0.2) is 29.4 Å². The third kappa shape index (κ3) is 2.99. The lowest BCUT2D eigenvalue weighted by Gasteiger charge is -2.00. The van der Waals surface area contributed by atoms with E-state index >= 15 is 0 Å². The number of hydrogen-bond donors (Lipinski definition) is 1. The molecule has 0 radical (unpaired) electrons. The molecule has 18 heavy (non-hydrogen) atoms. The highest BCUT2D eigenvalue weighted by atomic mass is 79.9. The zero-order valence-corrected chi connectivity index (χ0v) is 11.3. The van der Waals surface area contributed by atoms with Crippen molar-refractivity contribution in [3.8, 4) is 0 Å². The number of carbonyl (C=O) groups excluding carboxylic acids is 1. The number of methoxy groups -OCH3 is 1. The predicted molar refractivity (Wildman–Crippen MR) is 68.5 cm³/mol. The minimum absolute atomic E-state index is 0.248. The Labute approximate surface area is 112 Å². The summed E-state index contributed by atoms with van der Waals surface area (Å²) in [5.41, 5.74) is 1.07. The van der Waals surface area contributed by atoms with Crippen LogP contribution in [0.5, 0.6) is 0 Å². The molecular weight excluding hydrogens is 302 g/mol. The standard InChI is InChI=1S/C11H12BrN3O3/c1-17-5-3-15-7-8(6-13-15)14-11(16)9-2-4-18-10(9)12/h2,4,6-7H,3,5H2,1H3,(H,14,16). The molecule has 7 heteroatoms. The van der Waals surface area contributed by atoms with Gasteiger partial charge in [-0.05, 0) is 22.0 Å². The Balaban J connectivity index is 1.99. The van der Waals surface area contributed by atoms with Gasteiger partial charge in [0.1, 0.15) is 0 Å². The Morgan fingerprint density at radius 2 is 2.50 bits per heavy atom. The van der Waals surface area contributed by atoms with Crippen LogP contribution in [0, 0.1) is 0 Å². The molecule has 2 aromatic rings. The van der Waals surface area contributed by atoms with Gasteiger partial charge in [-0.3, -0.25) is 9.48 Å². The fourth-order valence-electron chi connectivity index (χ4n) is 1.39. The highest BCUT2D eigenvalue weighted by Gasteiger charge is 2.13. The molecule has 1 N–H and O–H groups in total. The van der Waals surface area contributed by atoms with E-state index in [2.05, 4.69) is 26.3 Å². The van der Waals surface area contributed by atoms with Crippen molar-refractivity contribution in [3.63, 3.8) is 0 Å². The van der Waals surface area contributed by atoms with E-state index in [4.69, 9.17) is 9.15 Å². The van der Waals surface area contributed by atoms with Crippen LogP contribution in [0.2, 0.25) is 0 Å².